The predicted molar refractivity (Wildman–Crippen MR) is 84.0 cm³/mol. The number of carbonyl (C=O) groups excluding carboxylic acids is 1. The molecule has 3 nitrogen and oxygen atoms in total. The number of nitrogens with zero attached hydrogens (tertiary/aromatic N) is 2. The smallest absolute Gasteiger partial charge is 0.255 e. The van der Waals surface area contributed by atoms with Crippen molar-refractivity contribution >= 4 is 34.5 Å². The van der Waals surface area contributed by atoms with Crippen LogP contribution in [0.25, 0.3) is 0 Å². The van der Waals surface area contributed by atoms with Crippen molar-refractivity contribution in [3.63, 3.8) is 0 Å². The zero-order valence-electron chi connectivity index (χ0n) is 11.3. The molecule has 1 heterocycles. The van der Waals surface area contributed by atoms with Crippen LogP contribution in [0.2, 0.25) is 0 Å². The zero-order chi connectivity index (χ0) is 14.0. The van der Waals surface area contributed by atoms with E-state index in [0.29, 0.717) is 11.6 Å². The van der Waals surface area contributed by atoms with Crippen LogP contribution in [0.4, 0.5) is 0 Å². The molecule has 1 aromatic rings. The Morgan fingerprint density at radius 3 is 2.42 bits per heavy atom. The van der Waals surface area contributed by atoms with E-state index < -0.39 is 0 Å². The van der Waals surface area contributed by atoms with Crippen molar-refractivity contribution in [2.75, 3.05) is 26.2 Å². The van der Waals surface area contributed by atoms with Crippen LogP contribution in [-0.4, -0.2) is 47.9 Å². The summed E-state index contributed by atoms with van der Waals surface area (Å²) in [5.41, 5.74) is 0.685. The molecule has 2 rings (SSSR count). The number of thiol groups is 1. The summed E-state index contributed by atoms with van der Waals surface area (Å²) >= 11 is 7.77. The normalized spacial score (nSPS) is 17.0. The first-order valence-electron chi connectivity index (χ1n) is 6.51. The van der Waals surface area contributed by atoms with Crippen molar-refractivity contribution in [2.24, 2.45) is 0 Å². The van der Waals surface area contributed by atoms with Gasteiger partial charge in [-0.25, -0.2) is 0 Å². The van der Waals surface area contributed by atoms with Gasteiger partial charge in [-0.2, -0.15) is 0 Å². The lowest BCUT2D eigenvalue weighted by atomic mass is 10.1. The van der Waals surface area contributed by atoms with E-state index in [1.54, 1.807) is 0 Å². The number of hydrogen-bond acceptors (Lipinski definition) is 3. The number of amides is 1. The van der Waals surface area contributed by atoms with Crippen LogP contribution < -0.4 is 0 Å². The number of hydrogen-bond donors (Lipinski definition) is 1. The van der Waals surface area contributed by atoms with Crippen LogP contribution in [0.15, 0.2) is 27.6 Å². The first-order chi connectivity index (χ1) is 8.99. The summed E-state index contributed by atoms with van der Waals surface area (Å²) in [6, 6.07) is 6.13. The lowest BCUT2D eigenvalue weighted by molar-refractivity contribution is 0.0592. The molecule has 0 aliphatic carbocycles. The summed E-state index contributed by atoms with van der Waals surface area (Å²) in [4.78, 5) is 17.5. The fourth-order valence-corrected chi connectivity index (χ4v) is 3.14. The van der Waals surface area contributed by atoms with Gasteiger partial charge in [-0.15, -0.1) is 12.6 Å². The SMILES string of the molecule is CC(C)N1CCN(C(=O)c2ccc(Br)cc2S)CC1. The third-order valence-electron chi connectivity index (χ3n) is 3.52. The first-order valence-corrected chi connectivity index (χ1v) is 7.75. The Morgan fingerprint density at radius 2 is 1.89 bits per heavy atom. The van der Waals surface area contributed by atoms with Gasteiger partial charge in [-0.3, -0.25) is 9.69 Å². The molecule has 0 radical (unpaired) electrons. The van der Waals surface area contributed by atoms with Gasteiger partial charge in [0.1, 0.15) is 0 Å². The van der Waals surface area contributed by atoms with Crippen LogP contribution in [-0.2, 0) is 0 Å². The number of halogens is 1. The summed E-state index contributed by atoms with van der Waals surface area (Å²) < 4.78 is 0.943. The maximum atomic E-state index is 12.5. The van der Waals surface area contributed by atoms with Crippen molar-refractivity contribution in [1.82, 2.24) is 9.80 Å². The van der Waals surface area contributed by atoms with Crippen LogP contribution in [0, 0.1) is 0 Å². The van der Waals surface area contributed by atoms with Crippen molar-refractivity contribution in [1.29, 1.82) is 0 Å². The standard InChI is InChI=1S/C14H19BrN2OS/c1-10(2)16-5-7-17(8-6-16)14(18)12-4-3-11(15)9-13(12)19/h3-4,9-10,19H,5-8H2,1-2H3. The summed E-state index contributed by atoms with van der Waals surface area (Å²) in [6.45, 7) is 7.86. The average Bonchev–Trinajstić information content (AvgIpc) is 2.38. The first kappa shape index (κ1) is 14.9. The van der Waals surface area contributed by atoms with Crippen molar-refractivity contribution < 1.29 is 4.79 Å². The van der Waals surface area contributed by atoms with Gasteiger partial charge in [0.15, 0.2) is 0 Å². The minimum Gasteiger partial charge on any atom is -0.336 e. The highest BCUT2D eigenvalue weighted by Crippen LogP contribution is 2.22. The molecular formula is C14H19BrN2OS. The summed E-state index contributed by atoms with van der Waals surface area (Å²) in [5.74, 6) is 0.0842. The van der Waals surface area contributed by atoms with Crippen molar-refractivity contribution in [3.05, 3.63) is 28.2 Å². The zero-order valence-corrected chi connectivity index (χ0v) is 13.7. The van der Waals surface area contributed by atoms with E-state index in [1.165, 1.54) is 0 Å². The molecule has 5 heteroatoms. The third kappa shape index (κ3) is 3.52. The van der Waals surface area contributed by atoms with E-state index in [4.69, 9.17) is 0 Å². The number of rotatable bonds is 2. The fourth-order valence-electron chi connectivity index (χ4n) is 2.30. The molecular weight excluding hydrogens is 324 g/mol. The maximum Gasteiger partial charge on any atom is 0.255 e. The van der Waals surface area contributed by atoms with Crippen LogP contribution in [0.3, 0.4) is 0 Å². The Kier molecular flexibility index (Phi) is 4.92. The molecule has 1 aromatic carbocycles. The van der Waals surface area contributed by atoms with E-state index in [0.717, 1.165) is 35.5 Å². The molecule has 1 aliphatic heterocycles. The van der Waals surface area contributed by atoms with Gasteiger partial charge >= 0.3 is 0 Å². The Balaban J connectivity index is 2.05. The van der Waals surface area contributed by atoms with E-state index in [1.807, 2.05) is 23.1 Å². The molecule has 104 valence electrons. The fraction of sp³-hybridized carbons (Fsp3) is 0.500. The van der Waals surface area contributed by atoms with Crippen LogP contribution in [0.1, 0.15) is 24.2 Å². The molecule has 0 aromatic heterocycles. The van der Waals surface area contributed by atoms with Gasteiger partial charge in [-0.05, 0) is 32.0 Å². The van der Waals surface area contributed by atoms with E-state index in [2.05, 4.69) is 47.3 Å². The summed E-state index contributed by atoms with van der Waals surface area (Å²) in [5, 5.41) is 0. The molecule has 1 aliphatic rings. The number of benzene rings is 1. The van der Waals surface area contributed by atoms with Gasteiger partial charge in [0, 0.05) is 41.6 Å². The Hall–Kier alpha value is -0.520. The monoisotopic (exact) mass is 342 g/mol. The third-order valence-corrected chi connectivity index (χ3v) is 4.39. The second-order valence-electron chi connectivity index (χ2n) is 5.08. The molecule has 1 fully saturated rings. The van der Waals surface area contributed by atoms with Gasteiger partial charge in [0.25, 0.3) is 5.91 Å². The molecule has 19 heavy (non-hydrogen) atoms. The largest absolute Gasteiger partial charge is 0.336 e. The Bertz CT molecular complexity index is 471. The summed E-state index contributed by atoms with van der Waals surface area (Å²) in [6.07, 6.45) is 0. The molecule has 0 bridgehead atoms. The minimum atomic E-state index is 0.0842. The second-order valence-corrected chi connectivity index (χ2v) is 6.48. The minimum absolute atomic E-state index is 0.0842. The van der Waals surface area contributed by atoms with Crippen molar-refractivity contribution in [2.45, 2.75) is 24.8 Å². The quantitative estimate of drug-likeness (QED) is 0.835. The Morgan fingerprint density at radius 1 is 1.26 bits per heavy atom. The number of carbonyl (C=O) groups is 1. The van der Waals surface area contributed by atoms with E-state index >= 15 is 0 Å². The lowest BCUT2D eigenvalue weighted by Crippen LogP contribution is -2.50. The van der Waals surface area contributed by atoms with Gasteiger partial charge in [0.05, 0.1) is 5.56 Å². The molecule has 1 saturated heterocycles. The molecule has 0 N–H and O–H groups in total. The Labute approximate surface area is 128 Å². The average molecular weight is 343 g/mol. The number of piperazine rings is 1. The predicted octanol–water partition coefficient (Wildman–Crippen LogP) is 2.90. The lowest BCUT2D eigenvalue weighted by Gasteiger charge is -2.37. The molecule has 0 saturated carbocycles. The summed E-state index contributed by atoms with van der Waals surface area (Å²) in [7, 11) is 0. The second kappa shape index (κ2) is 6.29. The molecule has 0 unspecified atom stereocenters. The van der Waals surface area contributed by atoms with E-state index in [-0.39, 0.29) is 5.91 Å². The van der Waals surface area contributed by atoms with Crippen molar-refractivity contribution in [3.8, 4) is 0 Å². The molecule has 1 amide bonds. The highest BCUT2D eigenvalue weighted by molar-refractivity contribution is 9.10. The molecule has 0 spiro atoms. The maximum absolute atomic E-state index is 12.5. The van der Waals surface area contributed by atoms with Gasteiger partial charge in [0.2, 0.25) is 0 Å². The van der Waals surface area contributed by atoms with Crippen LogP contribution >= 0.6 is 28.6 Å². The van der Waals surface area contributed by atoms with Crippen LogP contribution in [0.5, 0.6) is 0 Å². The van der Waals surface area contributed by atoms with Gasteiger partial charge < -0.3 is 4.90 Å². The van der Waals surface area contributed by atoms with E-state index in [9.17, 15) is 4.79 Å². The topological polar surface area (TPSA) is 23.6 Å². The van der Waals surface area contributed by atoms with Gasteiger partial charge in [-0.1, -0.05) is 15.9 Å². The molecule has 0 atom stereocenters. The highest BCUT2D eigenvalue weighted by atomic mass is 79.9. The highest BCUT2D eigenvalue weighted by Gasteiger charge is 2.24.